The average molecular weight is 358 g/mol. The lowest BCUT2D eigenvalue weighted by Gasteiger charge is -2.21. The molecule has 4 nitrogen and oxygen atoms in total. The first-order valence-electron chi connectivity index (χ1n) is 8.92. The van der Waals surface area contributed by atoms with Gasteiger partial charge in [-0.25, -0.2) is 0 Å². The van der Waals surface area contributed by atoms with Crippen LogP contribution in [-0.2, 0) is 13.1 Å². The van der Waals surface area contributed by atoms with Gasteiger partial charge in [0.15, 0.2) is 0 Å². The van der Waals surface area contributed by atoms with E-state index in [1.165, 1.54) is 23.3 Å². The molecule has 0 amide bonds. The third-order valence-electron chi connectivity index (χ3n) is 4.28. The molecule has 0 aliphatic rings. The van der Waals surface area contributed by atoms with Crippen molar-refractivity contribution in [1.82, 2.24) is 4.90 Å². The van der Waals surface area contributed by atoms with Gasteiger partial charge in [0.1, 0.15) is 0 Å². The molecule has 0 heterocycles. The largest absolute Gasteiger partial charge is 0.291 e. The number of benzene rings is 3. The fraction of sp³-hybridized carbons (Fsp3) is 0.130. The number of nitro benzene ring substituents is 1. The zero-order valence-corrected chi connectivity index (χ0v) is 15.1. The molecule has 0 fully saturated rings. The van der Waals surface area contributed by atoms with Crippen molar-refractivity contribution in [2.45, 2.75) is 13.1 Å². The second kappa shape index (κ2) is 9.46. The Morgan fingerprint density at radius 1 is 0.778 bits per heavy atom. The predicted molar refractivity (Wildman–Crippen MR) is 109 cm³/mol. The van der Waals surface area contributed by atoms with Crippen LogP contribution in [0, 0.1) is 10.1 Å². The second-order valence-electron chi connectivity index (χ2n) is 6.39. The van der Waals surface area contributed by atoms with Gasteiger partial charge in [0.25, 0.3) is 5.69 Å². The number of nitrogens with zero attached hydrogens (tertiary/aromatic N) is 2. The molecule has 0 spiro atoms. The zero-order valence-electron chi connectivity index (χ0n) is 15.1. The molecule has 3 rings (SSSR count). The Bertz CT molecular complexity index is 834. The van der Waals surface area contributed by atoms with E-state index < -0.39 is 0 Å². The third kappa shape index (κ3) is 5.90. The minimum Gasteiger partial charge on any atom is -0.291 e. The number of non-ortho nitro benzene ring substituents is 1. The summed E-state index contributed by atoms with van der Waals surface area (Å²) in [5.41, 5.74) is 3.62. The standard InChI is InChI=1S/C23H22N2O2/c26-25(27)23-15-13-20(14-16-23)12-7-17-24(18-21-8-3-1-4-9-21)19-22-10-5-2-6-11-22/h1-16H,17-19H2/b12-7-. The normalized spacial score (nSPS) is 11.1. The predicted octanol–water partition coefficient (Wildman–Crippen LogP) is 5.31. The average Bonchev–Trinajstić information content (AvgIpc) is 2.70. The van der Waals surface area contributed by atoms with Crippen molar-refractivity contribution in [2.24, 2.45) is 0 Å². The molecule has 136 valence electrons. The molecule has 0 saturated heterocycles. The van der Waals surface area contributed by atoms with Gasteiger partial charge in [0, 0.05) is 31.8 Å². The van der Waals surface area contributed by atoms with Crippen LogP contribution in [0.15, 0.2) is 91.0 Å². The Labute approximate surface area is 159 Å². The van der Waals surface area contributed by atoms with Gasteiger partial charge >= 0.3 is 0 Å². The highest BCUT2D eigenvalue weighted by molar-refractivity contribution is 5.51. The summed E-state index contributed by atoms with van der Waals surface area (Å²) in [6.45, 7) is 2.52. The summed E-state index contributed by atoms with van der Waals surface area (Å²) >= 11 is 0. The molecule has 3 aromatic carbocycles. The van der Waals surface area contributed by atoms with Crippen LogP contribution in [0.1, 0.15) is 16.7 Å². The van der Waals surface area contributed by atoms with Gasteiger partial charge in [-0.15, -0.1) is 0 Å². The van der Waals surface area contributed by atoms with Crippen LogP contribution in [0.25, 0.3) is 6.08 Å². The molecule has 27 heavy (non-hydrogen) atoms. The van der Waals surface area contributed by atoms with Gasteiger partial charge in [-0.2, -0.15) is 0 Å². The fourth-order valence-corrected chi connectivity index (χ4v) is 2.91. The highest BCUT2D eigenvalue weighted by Gasteiger charge is 2.06. The van der Waals surface area contributed by atoms with E-state index in [9.17, 15) is 10.1 Å². The quantitative estimate of drug-likeness (QED) is 0.405. The molecule has 0 unspecified atom stereocenters. The van der Waals surface area contributed by atoms with Crippen LogP contribution in [0.4, 0.5) is 5.69 Å². The molecular formula is C23H22N2O2. The van der Waals surface area contributed by atoms with Crippen molar-refractivity contribution in [3.05, 3.63) is 118 Å². The van der Waals surface area contributed by atoms with E-state index in [0.29, 0.717) is 0 Å². The molecule has 0 N–H and O–H groups in total. The van der Waals surface area contributed by atoms with Crippen LogP contribution in [0.3, 0.4) is 0 Å². The van der Waals surface area contributed by atoms with Gasteiger partial charge in [-0.05, 0) is 28.8 Å². The van der Waals surface area contributed by atoms with E-state index in [4.69, 9.17) is 0 Å². The number of rotatable bonds is 8. The Morgan fingerprint density at radius 2 is 1.30 bits per heavy atom. The molecule has 4 heteroatoms. The van der Waals surface area contributed by atoms with Gasteiger partial charge in [0.2, 0.25) is 0 Å². The summed E-state index contributed by atoms with van der Waals surface area (Å²) in [6.07, 6.45) is 4.11. The van der Waals surface area contributed by atoms with Crippen LogP contribution < -0.4 is 0 Å². The minimum atomic E-state index is -0.380. The monoisotopic (exact) mass is 358 g/mol. The molecule has 0 aromatic heterocycles. The van der Waals surface area contributed by atoms with Crippen LogP contribution in [0.2, 0.25) is 0 Å². The van der Waals surface area contributed by atoms with Crippen molar-refractivity contribution < 1.29 is 4.92 Å². The molecular weight excluding hydrogens is 336 g/mol. The lowest BCUT2D eigenvalue weighted by molar-refractivity contribution is -0.384. The van der Waals surface area contributed by atoms with Crippen molar-refractivity contribution in [1.29, 1.82) is 0 Å². The molecule has 0 aliphatic heterocycles. The van der Waals surface area contributed by atoms with Gasteiger partial charge in [-0.3, -0.25) is 15.0 Å². The lowest BCUT2D eigenvalue weighted by Crippen LogP contribution is -2.22. The molecule has 0 saturated carbocycles. The van der Waals surface area contributed by atoms with Gasteiger partial charge in [0.05, 0.1) is 4.92 Å². The molecule has 0 aliphatic carbocycles. The first-order valence-corrected chi connectivity index (χ1v) is 8.92. The van der Waals surface area contributed by atoms with E-state index in [0.717, 1.165) is 25.2 Å². The summed E-state index contributed by atoms with van der Waals surface area (Å²) < 4.78 is 0. The summed E-state index contributed by atoms with van der Waals surface area (Å²) in [6, 6.07) is 27.4. The van der Waals surface area contributed by atoms with Gasteiger partial charge < -0.3 is 0 Å². The number of hydrogen-bond donors (Lipinski definition) is 0. The van der Waals surface area contributed by atoms with E-state index in [1.807, 2.05) is 18.2 Å². The maximum Gasteiger partial charge on any atom is 0.269 e. The first-order chi connectivity index (χ1) is 13.2. The third-order valence-corrected chi connectivity index (χ3v) is 4.28. The topological polar surface area (TPSA) is 46.4 Å². The minimum absolute atomic E-state index is 0.113. The maximum absolute atomic E-state index is 10.7. The number of hydrogen-bond acceptors (Lipinski definition) is 3. The summed E-state index contributed by atoms with van der Waals surface area (Å²) in [4.78, 5) is 12.7. The highest BCUT2D eigenvalue weighted by atomic mass is 16.6. The number of nitro groups is 1. The second-order valence-corrected chi connectivity index (χ2v) is 6.39. The van der Waals surface area contributed by atoms with Crippen molar-refractivity contribution in [2.75, 3.05) is 6.54 Å². The Hall–Kier alpha value is -3.24. The Kier molecular flexibility index (Phi) is 6.50. The van der Waals surface area contributed by atoms with Gasteiger partial charge in [-0.1, -0.05) is 72.8 Å². The fourth-order valence-electron chi connectivity index (χ4n) is 2.91. The summed E-state index contributed by atoms with van der Waals surface area (Å²) in [7, 11) is 0. The first kappa shape index (κ1) is 18.5. The molecule has 0 radical (unpaired) electrons. The van der Waals surface area contributed by atoms with Crippen molar-refractivity contribution in [3.8, 4) is 0 Å². The molecule has 0 bridgehead atoms. The SMILES string of the molecule is O=[N+]([O-])c1ccc(/C=C\CN(Cc2ccccc2)Cc2ccccc2)cc1. The summed E-state index contributed by atoms with van der Waals surface area (Å²) in [5.74, 6) is 0. The maximum atomic E-state index is 10.7. The van der Waals surface area contributed by atoms with E-state index >= 15 is 0 Å². The van der Waals surface area contributed by atoms with Crippen molar-refractivity contribution >= 4 is 11.8 Å². The Balaban J connectivity index is 1.67. The van der Waals surface area contributed by atoms with Crippen LogP contribution in [-0.4, -0.2) is 16.4 Å². The lowest BCUT2D eigenvalue weighted by atomic mass is 10.1. The summed E-state index contributed by atoms with van der Waals surface area (Å²) in [5, 5.41) is 10.7. The molecule has 0 atom stereocenters. The molecule has 3 aromatic rings. The van der Waals surface area contributed by atoms with E-state index in [-0.39, 0.29) is 10.6 Å². The Morgan fingerprint density at radius 3 is 1.78 bits per heavy atom. The van der Waals surface area contributed by atoms with Crippen LogP contribution >= 0.6 is 0 Å². The highest BCUT2D eigenvalue weighted by Crippen LogP contribution is 2.14. The van der Waals surface area contributed by atoms with Crippen molar-refractivity contribution in [3.63, 3.8) is 0 Å². The van der Waals surface area contributed by atoms with Crippen LogP contribution in [0.5, 0.6) is 0 Å². The zero-order chi connectivity index (χ0) is 18.9. The smallest absolute Gasteiger partial charge is 0.269 e. The van der Waals surface area contributed by atoms with E-state index in [1.54, 1.807) is 12.1 Å². The van der Waals surface area contributed by atoms with E-state index in [2.05, 4.69) is 59.5 Å².